The summed E-state index contributed by atoms with van der Waals surface area (Å²) in [5.74, 6) is -0.587. The van der Waals surface area contributed by atoms with E-state index in [9.17, 15) is 18.7 Å². The molecule has 3 nitrogen and oxygen atoms in total. The van der Waals surface area contributed by atoms with Crippen LogP contribution in [0.3, 0.4) is 0 Å². The smallest absolute Gasteiger partial charge is 0.337 e. The van der Waals surface area contributed by atoms with Crippen molar-refractivity contribution in [1.29, 1.82) is 0 Å². The van der Waals surface area contributed by atoms with Gasteiger partial charge in [0.2, 0.25) is 0 Å². The molecule has 2 aromatic rings. The Morgan fingerprint density at radius 1 is 1.08 bits per heavy atom. The molecule has 5 atom stereocenters. The van der Waals surface area contributed by atoms with Crippen molar-refractivity contribution in [3.05, 3.63) is 64.7 Å². The van der Waals surface area contributed by atoms with Gasteiger partial charge in [-0.05, 0) is 72.8 Å². The lowest BCUT2D eigenvalue weighted by Crippen LogP contribution is -2.36. The molecule has 0 spiro atoms. The third kappa shape index (κ3) is 2.12. The van der Waals surface area contributed by atoms with Crippen LogP contribution in [0.5, 0.6) is 0 Å². The number of carboxylic acid groups (broad SMARTS) is 1. The second-order valence-corrected chi connectivity index (χ2v) is 7.80. The number of hydrogen-bond acceptors (Lipinski definition) is 2. The number of nitrogens with one attached hydrogen (secondary N) is 1. The standard InChI is InChI=1S/C21H19F2NO2/c22-12-6-7-16(23)15(9-12)20-18-11-5-4-10(8-11)17(18)13-2-1-3-14(21(25)26)19(13)24-20/h1-3,6-7,9-11,17-18,20,24H,4-5,8H2,(H,25,26)/t10-,11-,17-,18-,20-/m1/s1. The van der Waals surface area contributed by atoms with Crippen molar-refractivity contribution in [2.24, 2.45) is 17.8 Å². The molecule has 1 heterocycles. The summed E-state index contributed by atoms with van der Waals surface area (Å²) < 4.78 is 28.4. The minimum atomic E-state index is -1.01. The van der Waals surface area contributed by atoms with E-state index in [2.05, 4.69) is 5.32 Å². The molecule has 1 aliphatic heterocycles. The van der Waals surface area contributed by atoms with E-state index in [4.69, 9.17) is 0 Å². The van der Waals surface area contributed by atoms with E-state index in [1.807, 2.05) is 6.07 Å². The molecule has 26 heavy (non-hydrogen) atoms. The molecule has 0 aromatic heterocycles. The molecule has 5 rings (SSSR count). The first-order valence-corrected chi connectivity index (χ1v) is 9.12. The molecule has 5 heteroatoms. The van der Waals surface area contributed by atoms with E-state index >= 15 is 0 Å². The summed E-state index contributed by atoms with van der Waals surface area (Å²) in [4.78, 5) is 11.7. The predicted molar refractivity (Wildman–Crippen MR) is 93.2 cm³/mol. The highest BCUT2D eigenvalue weighted by atomic mass is 19.1. The van der Waals surface area contributed by atoms with Crippen LogP contribution in [-0.2, 0) is 0 Å². The summed E-state index contributed by atoms with van der Waals surface area (Å²) in [5, 5.41) is 12.9. The number of halogens is 2. The molecule has 134 valence electrons. The van der Waals surface area contributed by atoms with E-state index in [0.29, 0.717) is 23.1 Å². The molecule has 2 bridgehead atoms. The van der Waals surface area contributed by atoms with E-state index < -0.39 is 23.6 Å². The fraction of sp³-hybridized carbons (Fsp3) is 0.381. The van der Waals surface area contributed by atoms with Crippen molar-refractivity contribution < 1.29 is 18.7 Å². The summed E-state index contributed by atoms with van der Waals surface area (Å²) in [6, 6.07) is 8.48. The predicted octanol–water partition coefficient (Wildman–Crippen LogP) is 4.96. The number of carboxylic acids is 1. The van der Waals surface area contributed by atoms with Crippen LogP contribution in [-0.4, -0.2) is 11.1 Å². The molecule has 2 N–H and O–H groups in total. The molecule has 2 aliphatic carbocycles. The first-order valence-electron chi connectivity index (χ1n) is 9.12. The van der Waals surface area contributed by atoms with Crippen molar-refractivity contribution in [2.45, 2.75) is 31.2 Å². The SMILES string of the molecule is O=C(O)c1cccc2c1N[C@H](c1cc(F)ccc1F)[C@@H]1[C@@H]3CC[C@H](C3)[C@H]21. The molecule has 0 amide bonds. The third-order valence-corrected chi connectivity index (χ3v) is 6.64. The van der Waals surface area contributed by atoms with Crippen LogP contribution in [0.1, 0.15) is 52.7 Å². The van der Waals surface area contributed by atoms with Gasteiger partial charge < -0.3 is 10.4 Å². The van der Waals surface area contributed by atoms with Gasteiger partial charge in [-0.3, -0.25) is 0 Å². The molecular weight excluding hydrogens is 336 g/mol. The molecule has 0 radical (unpaired) electrons. The van der Waals surface area contributed by atoms with Gasteiger partial charge in [0.25, 0.3) is 0 Å². The fourth-order valence-electron chi connectivity index (χ4n) is 5.75. The lowest BCUT2D eigenvalue weighted by Gasteiger charge is -2.44. The van der Waals surface area contributed by atoms with Crippen LogP contribution >= 0.6 is 0 Å². The number of para-hydroxylation sites is 1. The molecule has 2 saturated carbocycles. The number of benzene rings is 2. The minimum Gasteiger partial charge on any atom is -0.478 e. The third-order valence-electron chi connectivity index (χ3n) is 6.64. The van der Waals surface area contributed by atoms with Crippen LogP contribution in [0, 0.1) is 29.4 Å². The fourth-order valence-corrected chi connectivity index (χ4v) is 5.75. The van der Waals surface area contributed by atoms with Crippen molar-refractivity contribution >= 4 is 11.7 Å². The zero-order chi connectivity index (χ0) is 18.0. The monoisotopic (exact) mass is 355 g/mol. The Hall–Kier alpha value is -2.43. The summed E-state index contributed by atoms with van der Waals surface area (Å²) in [7, 11) is 0. The van der Waals surface area contributed by atoms with Gasteiger partial charge in [0, 0.05) is 5.56 Å². The van der Waals surface area contributed by atoms with Crippen molar-refractivity contribution in [1.82, 2.24) is 0 Å². The van der Waals surface area contributed by atoms with E-state index in [1.54, 1.807) is 12.1 Å². The Morgan fingerprint density at radius 2 is 1.88 bits per heavy atom. The van der Waals surface area contributed by atoms with E-state index in [1.165, 1.54) is 6.07 Å². The highest BCUT2D eigenvalue weighted by Crippen LogP contribution is 2.64. The minimum absolute atomic E-state index is 0.168. The number of hydrogen-bond donors (Lipinski definition) is 2. The zero-order valence-electron chi connectivity index (χ0n) is 14.1. The summed E-state index contributed by atoms with van der Waals surface area (Å²) in [6.45, 7) is 0. The molecule has 0 saturated heterocycles. The Kier molecular flexibility index (Phi) is 3.36. The number of fused-ring (bicyclic) bond motifs is 7. The van der Waals surface area contributed by atoms with Crippen LogP contribution in [0.25, 0.3) is 0 Å². The molecule has 2 fully saturated rings. The van der Waals surface area contributed by atoms with Crippen molar-refractivity contribution in [3.63, 3.8) is 0 Å². The Bertz CT molecular complexity index is 913. The number of rotatable bonds is 2. The molecule has 2 aromatic carbocycles. The maximum atomic E-state index is 14.6. The Balaban J connectivity index is 1.70. The first-order chi connectivity index (χ1) is 12.5. The Labute approximate surface area is 150 Å². The van der Waals surface area contributed by atoms with Crippen molar-refractivity contribution in [2.75, 3.05) is 5.32 Å². The first kappa shape index (κ1) is 15.8. The van der Waals surface area contributed by atoms with E-state index in [-0.39, 0.29) is 17.4 Å². The quantitative estimate of drug-likeness (QED) is 0.800. The number of aromatic carboxylic acids is 1. The van der Waals surface area contributed by atoms with E-state index in [0.717, 1.165) is 37.0 Å². The van der Waals surface area contributed by atoms with Crippen LogP contribution in [0.4, 0.5) is 14.5 Å². The van der Waals surface area contributed by atoms with Crippen molar-refractivity contribution in [3.8, 4) is 0 Å². The lowest BCUT2D eigenvalue weighted by atomic mass is 9.67. The molecule has 0 unspecified atom stereocenters. The van der Waals surface area contributed by atoms with Crippen LogP contribution in [0.2, 0.25) is 0 Å². The highest BCUT2D eigenvalue weighted by Gasteiger charge is 2.54. The Morgan fingerprint density at radius 3 is 2.69 bits per heavy atom. The maximum absolute atomic E-state index is 14.6. The van der Waals surface area contributed by atoms with Gasteiger partial charge in [-0.2, -0.15) is 0 Å². The topological polar surface area (TPSA) is 49.3 Å². The summed E-state index contributed by atoms with van der Waals surface area (Å²) in [6.07, 6.45) is 3.32. The van der Waals surface area contributed by atoms with Crippen LogP contribution < -0.4 is 5.32 Å². The second-order valence-electron chi connectivity index (χ2n) is 7.80. The zero-order valence-corrected chi connectivity index (χ0v) is 14.1. The highest BCUT2D eigenvalue weighted by molar-refractivity contribution is 5.95. The van der Waals surface area contributed by atoms with Gasteiger partial charge in [0.1, 0.15) is 11.6 Å². The number of anilines is 1. The molecule has 3 aliphatic rings. The average molecular weight is 355 g/mol. The van der Waals surface area contributed by atoms with Gasteiger partial charge in [-0.15, -0.1) is 0 Å². The summed E-state index contributed by atoms with van der Waals surface area (Å²) in [5.41, 5.74) is 2.10. The second kappa shape index (κ2) is 5.53. The largest absolute Gasteiger partial charge is 0.478 e. The average Bonchev–Trinajstić information content (AvgIpc) is 3.25. The normalized spacial score (nSPS) is 31.2. The van der Waals surface area contributed by atoms with Gasteiger partial charge in [0.15, 0.2) is 0 Å². The lowest BCUT2D eigenvalue weighted by molar-refractivity contribution is 0.0697. The number of carbonyl (C=O) groups is 1. The summed E-state index contributed by atoms with van der Waals surface area (Å²) >= 11 is 0. The van der Waals surface area contributed by atoms with Gasteiger partial charge in [-0.25, -0.2) is 13.6 Å². The molecular formula is C21H19F2NO2. The van der Waals surface area contributed by atoms with Gasteiger partial charge >= 0.3 is 5.97 Å². The van der Waals surface area contributed by atoms with Gasteiger partial charge in [0.05, 0.1) is 17.3 Å². The van der Waals surface area contributed by atoms with Crippen LogP contribution in [0.15, 0.2) is 36.4 Å². The van der Waals surface area contributed by atoms with Gasteiger partial charge in [-0.1, -0.05) is 12.1 Å². The maximum Gasteiger partial charge on any atom is 0.337 e.